The molecule has 0 atom stereocenters. The molecular weight excluding hydrogens is 372 g/mol. The van der Waals surface area contributed by atoms with Crippen LogP contribution in [-0.2, 0) is 13.0 Å². The Balaban J connectivity index is 1.68. The Morgan fingerprint density at radius 3 is 2.50 bits per heavy atom. The number of nitrogens with one attached hydrogen (secondary N) is 1. The fourth-order valence-electron chi connectivity index (χ4n) is 3.98. The van der Waals surface area contributed by atoms with Gasteiger partial charge >= 0.3 is 0 Å². The van der Waals surface area contributed by atoms with Crippen LogP contribution in [0.5, 0.6) is 5.75 Å². The number of hydrogen-bond donors (Lipinski definition) is 1. The maximum atomic E-state index is 13.6. The van der Waals surface area contributed by atoms with Crippen LogP contribution in [0.4, 0.5) is 11.4 Å². The van der Waals surface area contributed by atoms with Gasteiger partial charge in [0.05, 0.1) is 19.3 Å². The molecule has 1 aliphatic rings. The number of anilines is 2. The molecule has 3 aromatic carbocycles. The molecule has 4 nitrogen and oxygen atoms in total. The number of methoxy groups -OCH3 is 1. The highest BCUT2D eigenvalue weighted by molar-refractivity contribution is 6.07. The second kappa shape index (κ2) is 9.04. The third-order valence-corrected chi connectivity index (χ3v) is 5.65. The summed E-state index contributed by atoms with van der Waals surface area (Å²) in [6.07, 6.45) is 3.05. The third-order valence-electron chi connectivity index (χ3n) is 5.65. The van der Waals surface area contributed by atoms with Crippen molar-refractivity contribution in [3.63, 3.8) is 0 Å². The maximum Gasteiger partial charge on any atom is 0.258 e. The summed E-state index contributed by atoms with van der Waals surface area (Å²) < 4.78 is 5.57. The van der Waals surface area contributed by atoms with E-state index in [-0.39, 0.29) is 5.91 Å². The smallest absolute Gasteiger partial charge is 0.258 e. The van der Waals surface area contributed by atoms with E-state index >= 15 is 0 Å². The van der Waals surface area contributed by atoms with Gasteiger partial charge in [0.15, 0.2) is 0 Å². The molecule has 0 bridgehead atoms. The molecule has 0 aromatic heterocycles. The molecule has 1 N–H and O–H groups in total. The fourth-order valence-corrected chi connectivity index (χ4v) is 3.98. The molecule has 0 aliphatic carbocycles. The molecule has 0 saturated carbocycles. The Kier molecular flexibility index (Phi) is 6.03. The van der Waals surface area contributed by atoms with Gasteiger partial charge in [0.2, 0.25) is 0 Å². The average Bonchev–Trinajstić information content (AvgIpc) is 2.95. The summed E-state index contributed by atoms with van der Waals surface area (Å²) in [7, 11) is 1.64. The van der Waals surface area contributed by atoms with Gasteiger partial charge in [-0.2, -0.15) is 0 Å². The van der Waals surface area contributed by atoms with Crippen molar-refractivity contribution in [3.05, 3.63) is 89.0 Å². The van der Waals surface area contributed by atoms with Crippen LogP contribution < -0.4 is 15.0 Å². The van der Waals surface area contributed by atoms with Gasteiger partial charge in [-0.3, -0.25) is 4.79 Å². The van der Waals surface area contributed by atoms with Crippen molar-refractivity contribution < 1.29 is 9.53 Å². The number of carbonyl (C=O) groups is 1. The van der Waals surface area contributed by atoms with Crippen LogP contribution in [0.15, 0.2) is 66.7 Å². The number of benzene rings is 3. The van der Waals surface area contributed by atoms with E-state index in [1.165, 1.54) is 16.7 Å². The van der Waals surface area contributed by atoms with E-state index in [2.05, 4.69) is 36.5 Å². The Morgan fingerprint density at radius 2 is 1.73 bits per heavy atom. The first-order valence-corrected chi connectivity index (χ1v) is 10.6. The summed E-state index contributed by atoms with van der Waals surface area (Å²) in [5, 5.41) is 3.40. The van der Waals surface area contributed by atoms with Crippen LogP contribution in [0.3, 0.4) is 0 Å². The molecule has 0 fully saturated rings. The Morgan fingerprint density at radius 1 is 1.00 bits per heavy atom. The molecule has 3 aromatic rings. The van der Waals surface area contributed by atoms with E-state index in [9.17, 15) is 4.79 Å². The molecule has 4 rings (SSSR count). The van der Waals surface area contributed by atoms with Crippen molar-refractivity contribution in [1.82, 2.24) is 0 Å². The zero-order chi connectivity index (χ0) is 20.9. The minimum atomic E-state index is -0.0161. The molecule has 0 radical (unpaired) electrons. The number of nitrogens with zero attached hydrogens (tertiary/aromatic N) is 1. The van der Waals surface area contributed by atoms with Gasteiger partial charge in [0.1, 0.15) is 5.75 Å². The summed E-state index contributed by atoms with van der Waals surface area (Å²) in [6, 6.07) is 22.2. The highest BCUT2D eigenvalue weighted by atomic mass is 16.5. The van der Waals surface area contributed by atoms with Crippen LogP contribution in [0.1, 0.15) is 46.8 Å². The first-order chi connectivity index (χ1) is 14.7. The fraction of sp³-hybridized carbons (Fsp3) is 0.269. The van der Waals surface area contributed by atoms with Gasteiger partial charge in [-0.15, -0.1) is 0 Å². The van der Waals surface area contributed by atoms with Crippen LogP contribution in [-0.4, -0.2) is 19.6 Å². The molecule has 1 aliphatic heterocycles. The average molecular weight is 401 g/mol. The zero-order valence-corrected chi connectivity index (χ0v) is 17.7. The summed E-state index contributed by atoms with van der Waals surface area (Å²) in [6.45, 7) is 3.61. The minimum absolute atomic E-state index is 0.0161. The lowest BCUT2D eigenvalue weighted by molar-refractivity contribution is 0.0985. The number of para-hydroxylation sites is 1. The van der Waals surface area contributed by atoms with Crippen LogP contribution in [0.2, 0.25) is 0 Å². The van der Waals surface area contributed by atoms with Crippen molar-refractivity contribution >= 4 is 17.3 Å². The van der Waals surface area contributed by atoms with Crippen molar-refractivity contribution in [3.8, 4) is 5.75 Å². The van der Waals surface area contributed by atoms with E-state index in [4.69, 9.17) is 4.74 Å². The Bertz CT molecular complexity index is 1040. The molecule has 1 amide bonds. The lowest BCUT2D eigenvalue weighted by Crippen LogP contribution is -2.30. The second-order valence-corrected chi connectivity index (χ2v) is 7.66. The molecule has 0 spiro atoms. The summed E-state index contributed by atoms with van der Waals surface area (Å²) >= 11 is 0. The monoisotopic (exact) mass is 400 g/mol. The Labute approximate surface area is 178 Å². The van der Waals surface area contributed by atoms with Gasteiger partial charge in [-0.05, 0) is 53.8 Å². The number of fused-ring (bicyclic) bond motifs is 2. The largest absolute Gasteiger partial charge is 0.495 e. The van der Waals surface area contributed by atoms with Gasteiger partial charge in [0, 0.05) is 17.8 Å². The first-order valence-electron chi connectivity index (χ1n) is 10.6. The van der Waals surface area contributed by atoms with E-state index in [1.807, 2.05) is 47.4 Å². The summed E-state index contributed by atoms with van der Waals surface area (Å²) in [4.78, 5) is 15.5. The SMILES string of the molecule is CCCCNc1ccc(C(=O)N2Cc3ccccc3Cc3ccccc32)cc1OC. The Hall–Kier alpha value is -3.27. The molecule has 30 heavy (non-hydrogen) atoms. The molecule has 0 unspecified atom stereocenters. The first kappa shape index (κ1) is 20.0. The molecule has 154 valence electrons. The highest BCUT2D eigenvalue weighted by Gasteiger charge is 2.25. The molecule has 1 heterocycles. The number of ether oxygens (including phenoxy) is 1. The molecule has 0 saturated heterocycles. The summed E-state index contributed by atoms with van der Waals surface area (Å²) in [5.41, 5.74) is 6.15. The van der Waals surface area contributed by atoms with E-state index in [1.54, 1.807) is 7.11 Å². The number of amides is 1. The lowest BCUT2D eigenvalue weighted by atomic mass is 10.0. The van der Waals surface area contributed by atoms with Crippen molar-refractivity contribution in [2.24, 2.45) is 0 Å². The van der Waals surface area contributed by atoms with Crippen LogP contribution >= 0.6 is 0 Å². The van der Waals surface area contributed by atoms with Gasteiger partial charge in [0.25, 0.3) is 5.91 Å². The van der Waals surface area contributed by atoms with Gasteiger partial charge in [-0.25, -0.2) is 0 Å². The number of carbonyl (C=O) groups excluding carboxylic acids is 1. The zero-order valence-electron chi connectivity index (χ0n) is 17.7. The normalized spacial score (nSPS) is 12.5. The van der Waals surface area contributed by atoms with E-state index in [0.717, 1.165) is 37.2 Å². The summed E-state index contributed by atoms with van der Waals surface area (Å²) in [5.74, 6) is 0.679. The van der Waals surface area contributed by atoms with E-state index < -0.39 is 0 Å². The standard InChI is InChI=1S/C26H28N2O2/c1-3-4-15-27-23-14-13-21(17-25(23)30-2)26(29)28-18-22-11-6-5-9-19(22)16-20-10-7-8-12-24(20)28/h5-14,17,27H,3-4,15-16,18H2,1-2H3. The van der Waals surface area contributed by atoms with Crippen molar-refractivity contribution in [1.29, 1.82) is 0 Å². The number of unbranched alkanes of at least 4 members (excludes halogenated alkanes) is 1. The van der Waals surface area contributed by atoms with Gasteiger partial charge in [-0.1, -0.05) is 55.8 Å². The maximum absolute atomic E-state index is 13.6. The van der Waals surface area contributed by atoms with Crippen LogP contribution in [0.25, 0.3) is 0 Å². The highest BCUT2D eigenvalue weighted by Crippen LogP contribution is 2.33. The van der Waals surface area contributed by atoms with E-state index in [0.29, 0.717) is 17.9 Å². The topological polar surface area (TPSA) is 41.6 Å². The minimum Gasteiger partial charge on any atom is -0.495 e. The second-order valence-electron chi connectivity index (χ2n) is 7.66. The number of hydrogen-bond acceptors (Lipinski definition) is 3. The van der Waals surface area contributed by atoms with Crippen LogP contribution in [0, 0.1) is 0 Å². The third kappa shape index (κ3) is 4.04. The number of rotatable bonds is 6. The van der Waals surface area contributed by atoms with Crippen molar-refractivity contribution in [2.45, 2.75) is 32.7 Å². The lowest BCUT2D eigenvalue weighted by Gasteiger charge is -2.24. The predicted molar refractivity (Wildman–Crippen MR) is 123 cm³/mol. The van der Waals surface area contributed by atoms with Crippen molar-refractivity contribution in [2.75, 3.05) is 23.9 Å². The molecule has 4 heteroatoms. The molecular formula is C26H28N2O2. The predicted octanol–water partition coefficient (Wildman–Crippen LogP) is 5.66. The quantitative estimate of drug-likeness (QED) is 0.543. The van der Waals surface area contributed by atoms with Gasteiger partial charge < -0.3 is 15.0 Å².